The van der Waals surface area contributed by atoms with E-state index in [4.69, 9.17) is 0 Å². The number of carbonyl (C=O) groups excluding carboxylic acids is 1. The van der Waals surface area contributed by atoms with Crippen molar-refractivity contribution in [1.29, 1.82) is 0 Å². The van der Waals surface area contributed by atoms with Gasteiger partial charge in [-0.05, 0) is 25.7 Å². The fraction of sp³-hybridized carbons (Fsp3) is 0.812. The van der Waals surface area contributed by atoms with E-state index in [-0.39, 0.29) is 0 Å². The van der Waals surface area contributed by atoms with Crippen molar-refractivity contribution in [2.45, 2.75) is 84.0 Å². The lowest BCUT2D eigenvalue weighted by Gasteiger charge is -2.01. The van der Waals surface area contributed by atoms with Gasteiger partial charge in [0.2, 0.25) is 0 Å². The molecule has 0 aromatic heterocycles. The van der Waals surface area contributed by atoms with E-state index in [1.807, 2.05) is 6.08 Å². The zero-order chi connectivity index (χ0) is 12.8. The summed E-state index contributed by atoms with van der Waals surface area (Å²) in [7, 11) is 0. The molecule has 17 heavy (non-hydrogen) atoms. The molecule has 0 aliphatic carbocycles. The molecule has 0 heterocycles. The number of rotatable bonds is 13. The normalized spacial score (nSPS) is 10.4. The molecule has 0 amide bonds. The first-order chi connectivity index (χ1) is 8.31. The van der Waals surface area contributed by atoms with Crippen LogP contribution in [0.4, 0.5) is 0 Å². The van der Waals surface area contributed by atoms with Gasteiger partial charge < -0.3 is 0 Å². The van der Waals surface area contributed by atoms with Crippen LogP contribution in [0.3, 0.4) is 0 Å². The van der Waals surface area contributed by atoms with Crippen molar-refractivity contribution in [1.82, 2.24) is 0 Å². The summed E-state index contributed by atoms with van der Waals surface area (Å²) in [6, 6.07) is 0. The first kappa shape index (κ1) is 16.4. The molecule has 0 radical (unpaired) electrons. The van der Waals surface area contributed by atoms with Crippen molar-refractivity contribution in [2.75, 3.05) is 0 Å². The monoisotopic (exact) mass is 238 g/mol. The van der Waals surface area contributed by atoms with Gasteiger partial charge in [-0.2, -0.15) is 0 Å². The molecule has 0 aliphatic heterocycles. The Kier molecular flexibility index (Phi) is 13.0. The highest BCUT2D eigenvalue weighted by atomic mass is 16.1. The maximum atomic E-state index is 11.5. The Morgan fingerprint density at radius 2 is 1.41 bits per heavy atom. The SMILES string of the molecule is C=CCCCCCCC(=O)CCCCCCC. The lowest BCUT2D eigenvalue weighted by atomic mass is 10.0. The largest absolute Gasteiger partial charge is 0.300 e. The number of Topliss-reactive ketones (excluding diaryl/α,β-unsaturated/α-hetero) is 1. The smallest absolute Gasteiger partial charge is 0.132 e. The number of hydrogen-bond donors (Lipinski definition) is 0. The number of hydrogen-bond acceptors (Lipinski definition) is 1. The summed E-state index contributed by atoms with van der Waals surface area (Å²) in [6.07, 6.45) is 15.7. The predicted octanol–water partition coefficient (Wildman–Crippen LogP) is 5.44. The molecule has 0 fully saturated rings. The molecule has 0 saturated carbocycles. The summed E-state index contributed by atoms with van der Waals surface area (Å²) in [5, 5.41) is 0. The second kappa shape index (κ2) is 13.5. The Morgan fingerprint density at radius 1 is 0.882 bits per heavy atom. The zero-order valence-electron chi connectivity index (χ0n) is 11.7. The van der Waals surface area contributed by atoms with Gasteiger partial charge in [-0.3, -0.25) is 4.79 Å². The maximum absolute atomic E-state index is 11.5. The van der Waals surface area contributed by atoms with Gasteiger partial charge >= 0.3 is 0 Å². The number of ketones is 1. The Bertz CT molecular complexity index is 184. The maximum Gasteiger partial charge on any atom is 0.132 e. The van der Waals surface area contributed by atoms with Crippen molar-refractivity contribution < 1.29 is 4.79 Å². The van der Waals surface area contributed by atoms with Gasteiger partial charge in [0.1, 0.15) is 5.78 Å². The highest BCUT2D eigenvalue weighted by Crippen LogP contribution is 2.10. The second-order valence-electron chi connectivity index (χ2n) is 4.94. The molecule has 0 atom stereocenters. The zero-order valence-corrected chi connectivity index (χ0v) is 11.7. The highest BCUT2D eigenvalue weighted by Gasteiger charge is 2.01. The molecule has 0 rings (SSSR count). The summed E-state index contributed by atoms with van der Waals surface area (Å²) in [5.41, 5.74) is 0. The second-order valence-corrected chi connectivity index (χ2v) is 4.94. The van der Waals surface area contributed by atoms with Crippen LogP contribution in [0.25, 0.3) is 0 Å². The third kappa shape index (κ3) is 13.3. The molecule has 1 heteroatoms. The van der Waals surface area contributed by atoms with E-state index in [1.54, 1.807) is 0 Å². The third-order valence-electron chi connectivity index (χ3n) is 3.17. The number of unbranched alkanes of at least 4 members (excludes halogenated alkanes) is 8. The molecule has 0 N–H and O–H groups in total. The molecule has 0 aromatic rings. The number of carbonyl (C=O) groups is 1. The van der Waals surface area contributed by atoms with Crippen LogP contribution in [-0.2, 0) is 4.79 Å². The average molecular weight is 238 g/mol. The van der Waals surface area contributed by atoms with Crippen molar-refractivity contribution in [3.8, 4) is 0 Å². The lowest BCUT2D eigenvalue weighted by molar-refractivity contribution is -0.119. The predicted molar refractivity (Wildman–Crippen MR) is 76.3 cm³/mol. The van der Waals surface area contributed by atoms with Gasteiger partial charge in [0, 0.05) is 12.8 Å². The lowest BCUT2D eigenvalue weighted by Crippen LogP contribution is -1.97. The van der Waals surface area contributed by atoms with Crippen LogP contribution in [0.5, 0.6) is 0 Å². The van der Waals surface area contributed by atoms with Gasteiger partial charge in [0.15, 0.2) is 0 Å². The van der Waals surface area contributed by atoms with Crippen LogP contribution < -0.4 is 0 Å². The highest BCUT2D eigenvalue weighted by molar-refractivity contribution is 5.78. The van der Waals surface area contributed by atoms with Gasteiger partial charge in [-0.25, -0.2) is 0 Å². The van der Waals surface area contributed by atoms with Gasteiger partial charge in [-0.15, -0.1) is 6.58 Å². The summed E-state index contributed by atoms with van der Waals surface area (Å²) in [6.45, 7) is 5.93. The summed E-state index contributed by atoms with van der Waals surface area (Å²) < 4.78 is 0. The molecule has 1 nitrogen and oxygen atoms in total. The number of allylic oxidation sites excluding steroid dienone is 1. The topological polar surface area (TPSA) is 17.1 Å². The first-order valence-corrected chi connectivity index (χ1v) is 7.43. The molecule has 0 aliphatic rings. The Morgan fingerprint density at radius 3 is 1.94 bits per heavy atom. The van der Waals surface area contributed by atoms with Gasteiger partial charge in [0.25, 0.3) is 0 Å². The van der Waals surface area contributed by atoms with E-state index in [2.05, 4.69) is 13.5 Å². The quantitative estimate of drug-likeness (QED) is 0.308. The average Bonchev–Trinajstić information content (AvgIpc) is 2.33. The summed E-state index contributed by atoms with van der Waals surface area (Å²) >= 11 is 0. The molecule has 0 aromatic carbocycles. The van der Waals surface area contributed by atoms with Crippen LogP contribution in [0, 0.1) is 0 Å². The van der Waals surface area contributed by atoms with E-state index in [1.165, 1.54) is 44.9 Å². The van der Waals surface area contributed by atoms with Crippen molar-refractivity contribution in [3.63, 3.8) is 0 Å². The Labute approximate surface area is 108 Å². The summed E-state index contributed by atoms with van der Waals surface area (Å²) in [5.74, 6) is 0.477. The first-order valence-electron chi connectivity index (χ1n) is 7.43. The van der Waals surface area contributed by atoms with Crippen LogP contribution in [0.1, 0.15) is 84.0 Å². The van der Waals surface area contributed by atoms with Gasteiger partial charge in [0.05, 0.1) is 0 Å². The molecular formula is C16H30O. The van der Waals surface area contributed by atoms with Crippen LogP contribution in [0.15, 0.2) is 12.7 Å². The molecule has 0 spiro atoms. The minimum atomic E-state index is 0.477. The fourth-order valence-corrected chi connectivity index (χ4v) is 2.02. The van der Waals surface area contributed by atoms with Crippen molar-refractivity contribution in [2.24, 2.45) is 0 Å². The summed E-state index contributed by atoms with van der Waals surface area (Å²) in [4.78, 5) is 11.5. The standard InChI is InChI=1S/C16H30O/c1-3-5-7-9-11-13-15-16(17)14-12-10-8-6-4-2/h3H,1,4-15H2,2H3. The Balaban J connectivity index is 3.14. The fourth-order valence-electron chi connectivity index (χ4n) is 2.02. The minimum absolute atomic E-state index is 0.477. The van der Waals surface area contributed by atoms with Crippen molar-refractivity contribution in [3.05, 3.63) is 12.7 Å². The van der Waals surface area contributed by atoms with Crippen LogP contribution in [-0.4, -0.2) is 5.78 Å². The molecule has 100 valence electrons. The molecule has 0 bridgehead atoms. The van der Waals surface area contributed by atoms with E-state index < -0.39 is 0 Å². The third-order valence-corrected chi connectivity index (χ3v) is 3.17. The Hall–Kier alpha value is -0.590. The van der Waals surface area contributed by atoms with E-state index >= 15 is 0 Å². The molecule has 0 saturated heterocycles. The van der Waals surface area contributed by atoms with Crippen molar-refractivity contribution >= 4 is 5.78 Å². The molecule has 0 unspecified atom stereocenters. The van der Waals surface area contributed by atoms with E-state index in [9.17, 15) is 4.79 Å². The van der Waals surface area contributed by atoms with Crippen LogP contribution in [0.2, 0.25) is 0 Å². The van der Waals surface area contributed by atoms with Crippen LogP contribution >= 0.6 is 0 Å². The molecular weight excluding hydrogens is 208 g/mol. The van der Waals surface area contributed by atoms with E-state index in [0.29, 0.717) is 5.78 Å². The van der Waals surface area contributed by atoms with E-state index in [0.717, 1.165) is 32.1 Å². The minimum Gasteiger partial charge on any atom is -0.300 e. The van der Waals surface area contributed by atoms with Gasteiger partial charge in [-0.1, -0.05) is 51.5 Å².